The van der Waals surface area contributed by atoms with Crippen molar-refractivity contribution in [3.63, 3.8) is 0 Å². The highest BCUT2D eigenvalue weighted by Gasteiger charge is 2.53. The Morgan fingerprint density at radius 2 is 1.58 bits per heavy atom. The van der Waals surface area contributed by atoms with Gasteiger partial charge in [-0.1, -0.05) is 0 Å². The van der Waals surface area contributed by atoms with Crippen molar-refractivity contribution >= 4 is 0 Å². The highest BCUT2D eigenvalue weighted by atomic mass is 14.7. The summed E-state index contributed by atoms with van der Waals surface area (Å²) >= 11 is 0. The molecule has 2 N–H and O–H groups in total. The second-order valence-corrected chi connectivity index (χ2v) is 7.45. The normalized spacial score (nSPS) is 41.4. The lowest BCUT2D eigenvalue weighted by atomic mass is 9.47. The standard InChI is InChI=1S/C17H24N2/c18-16(8-12-1-3-19-4-2-12)17-9-13-5-14(10-17)7-15(6-13)11-17/h1-4,13-16H,5-11,18H2. The number of nitrogens with zero attached hydrogens (tertiary/aromatic N) is 1. The van der Waals surface area contributed by atoms with Crippen LogP contribution in [-0.4, -0.2) is 11.0 Å². The van der Waals surface area contributed by atoms with Gasteiger partial charge in [0.1, 0.15) is 0 Å². The number of hydrogen-bond acceptors (Lipinski definition) is 2. The van der Waals surface area contributed by atoms with Crippen molar-refractivity contribution in [2.24, 2.45) is 28.9 Å². The molecule has 0 radical (unpaired) electrons. The Morgan fingerprint density at radius 3 is 2.11 bits per heavy atom. The van der Waals surface area contributed by atoms with E-state index in [1.54, 1.807) is 0 Å². The minimum atomic E-state index is 0.350. The Kier molecular flexibility index (Phi) is 2.70. The molecular weight excluding hydrogens is 232 g/mol. The maximum atomic E-state index is 6.68. The lowest BCUT2D eigenvalue weighted by Crippen LogP contribution is -2.55. The van der Waals surface area contributed by atoms with Gasteiger partial charge in [-0.2, -0.15) is 0 Å². The molecule has 0 aliphatic heterocycles. The molecule has 0 aromatic carbocycles. The second kappa shape index (κ2) is 4.31. The van der Waals surface area contributed by atoms with Gasteiger partial charge in [0.2, 0.25) is 0 Å². The largest absolute Gasteiger partial charge is 0.327 e. The van der Waals surface area contributed by atoms with Gasteiger partial charge in [-0.25, -0.2) is 0 Å². The van der Waals surface area contributed by atoms with E-state index in [2.05, 4.69) is 17.1 Å². The van der Waals surface area contributed by atoms with Crippen molar-refractivity contribution in [2.45, 2.75) is 51.0 Å². The number of aromatic nitrogens is 1. The van der Waals surface area contributed by atoms with Crippen LogP contribution in [-0.2, 0) is 6.42 Å². The van der Waals surface area contributed by atoms with Crippen LogP contribution in [0.4, 0.5) is 0 Å². The highest BCUT2D eigenvalue weighted by Crippen LogP contribution is 2.61. The predicted molar refractivity (Wildman–Crippen MR) is 76.5 cm³/mol. The molecule has 0 amide bonds. The van der Waals surface area contributed by atoms with Crippen molar-refractivity contribution in [3.8, 4) is 0 Å². The SMILES string of the molecule is NC(Cc1ccncc1)C12CC3CC(CC(C3)C1)C2. The third-order valence-corrected chi connectivity index (χ3v) is 6.08. The quantitative estimate of drug-likeness (QED) is 0.902. The highest BCUT2D eigenvalue weighted by molar-refractivity contribution is 5.15. The first-order chi connectivity index (χ1) is 9.23. The molecule has 4 bridgehead atoms. The summed E-state index contributed by atoms with van der Waals surface area (Å²) < 4.78 is 0. The van der Waals surface area contributed by atoms with Crippen LogP contribution in [0.2, 0.25) is 0 Å². The lowest BCUT2D eigenvalue weighted by Gasteiger charge is -2.59. The van der Waals surface area contributed by atoms with E-state index in [0.717, 1.165) is 24.2 Å². The van der Waals surface area contributed by atoms with Crippen LogP contribution >= 0.6 is 0 Å². The van der Waals surface area contributed by atoms with Gasteiger partial charge in [0, 0.05) is 18.4 Å². The fourth-order valence-electron chi connectivity index (χ4n) is 5.62. The zero-order valence-electron chi connectivity index (χ0n) is 11.6. The summed E-state index contributed by atoms with van der Waals surface area (Å²) in [6, 6.07) is 4.60. The molecule has 2 nitrogen and oxygen atoms in total. The number of pyridine rings is 1. The second-order valence-electron chi connectivity index (χ2n) is 7.45. The van der Waals surface area contributed by atoms with Crippen molar-refractivity contribution in [3.05, 3.63) is 30.1 Å². The fraction of sp³-hybridized carbons (Fsp3) is 0.706. The summed E-state index contributed by atoms with van der Waals surface area (Å²) in [6.07, 6.45) is 13.5. The van der Waals surface area contributed by atoms with Gasteiger partial charge in [-0.3, -0.25) is 4.98 Å². The molecule has 0 saturated heterocycles. The van der Waals surface area contributed by atoms with E-state index in [0.29, 0.717) is 11.5 Å². The van der Waals surface area contributed by atoms with Gasteiger partial charge >= 0.3 is 0 Å². The number of rotatable bonds is 3. The Labute approximate surface area is 115 Å². The first-order valence-corrected chi connectivity index (χ1v) is 7.88. The molecule has 2 heteroatoms. The Bertz CT molecular complexity index is 418. The summed E-state index contributed by atoms with van der Waals surface area (Å²) in [5.74, 6) is 2.99. The van der Waals surface area contributed by atoms with Crippen molar-refractivity contribution in [1.82, 2.24) is 4.98 Å². The number of hydrogen-bond donors (Lipinski definition) is 1. The molecule has 19 heavy (non-hydrogen) atoms. The lowest BCUT2D eigenvalue weighted by molar-refractivity contribution is -0.0667. The molecule has 4 aliphatic rings. The smallest absolute Gasteiger partial charge is 0.0270 e. The minimum Gasteiger partial charge on any atom is -0.327 e. The van der Waals surface area contributed by atoms with Crippen LogP contribution in [0.1, 0.15) is 44.1 Å². The molecule has 4 aliphatic carbocycles. The molecule has 1 unspecified atom stereocenters. The fourth-order valence-corrected chi connectivity index (χ4v) is 5.62. The van der Waals surface area contributed by atoms with Crippen LogP contribution in [0.3, 0.4) is 0 Å². The zero-order valence-corrected chi connectivity index (χ0v) is 11.6. The summed E-state index contributed by atoms with van der Waals surface area (Å²) in [7, 11) is 0. The topological polar surface area (TPSA) is 38.9 Å². The van der Waals surface area contributed by atoms with Crippen LogP contribution in [0, 0.1) is 23.2 Å². The van der Waals surface area contributed by atoms with Gasteiger partial charge in [0.25, 0.3) is 0 Å². The van der Waals surface area contributed by atoms with Gasteiger partial charge in [0.05, 0.1) is 0 Å². The first-order valence-electron chi connectivity index (χ1n) is 7.88. The molecule has 1 aromatic heterocycles. The van der Waals surface area contributed by atoms with Crippen LogP contribution < -0.4 is 5.73 Å². The van der Waals surface area contributed by atoms with E-state index in [9.17, 15) is 0 Å². The van der Waals surface area contributed by atoms with Gasteiger partial charge < -0.3 is 5.73 Å². The first kappa shape index (κ1) is 11.9. The van der Waals surface area contributed by atoms with E-state index >= 15 is 0 Å². The predicted octanol–water partition coefficient (Wildman–Crippen LogP) is 3.17. The van der Waals surface area contributed by atoms with E-state index in [-0.39, 0.29) is 0 Å². The molecule has 4 fully saturated rings. The summed E-state index contributed by atoms with van der Waals surface area (Å²) in [6.45, 7) is 0. The molecule has 1 heterocycles. The average Bonchev–Trinajstić information content (AvgIpc) is 2.38. The third kappa shape index (κ3) is 2.01. The molecular formula is C17H24N2. The maximum absolute atomic E-state index is 6.68. The van der Waals surface area contributed by atoms with Crippen LogP contribution in [0.5, 0.6) is 0 Å². The molecule has 102 valence electrons. The summed E-state index contributed by atoms with van der Waals surface area (Å²) in [4.78, 5) is 4.10. The zero-order chi connectivity index (χ0) is 12.9. The van der Waals surface area contributed by atoms with Gasteiger partial charge in [-0.05, 0) is 85.8 Å². The third-order valence-electron chi connectivity index (χ3n) is 6.08. The van der Waals surface area contributed by atoms with Crippen molar-refractivity contribution < 1.29 is 0 Å². The van der Waals surface area contributed by atoms with E-state index in [4.69, 9.17) is 5.73 Å². The van der Waals surface area contributed by atoms with Crippen LogP contribution in [0.25, 0.3) is 0 Å². The number of nitrogens with two attached hydrogens (primary N) is 1. The average molecular weight is 256 g/mol. The Balaban J connectivity index is 1.55. The summed E-state index contributed by atoms with van der Waals surface area (Å²) in [5, 5.41) is 0. The molecule has 5 rings (SSSR count). The van der Waals surface area contributed by atoms with Crippen LogP contribution in [0.15, 0.2) is 24.5 Å². The Morgan fingerprint density at radius 1 is 1.05 bits per heavy atom. The summed E-state index contributed by atoms with van der Waals surface area (Å²) in [5.41, 5.74) is 8.51. The Hall–Kier alpha value is -0.890. The molecule has 1 atom stereocenters. The van der Waals surface area contributed by atoms with Crippen molar-refractivity contribution in [2.75, 3.05) is 0 Å². The van der Waals surface area contributed by atoms with Gasteiger partial charge in [0.15, 0.2) is 0 Å². The monoisotopic (exact) mass is 256 g/mol. The van der Waals surface area contributed by atoms with Gasteiger partial charge in [-0.15, -0.1) is 0 Å². The molecule has 0 spiro atoms. The minimum absolute atomic E-state index is 0.350. The van der Waals surface area contributed by atoms with Crippen molar-refractivity contribution in [1.29, 1.82) is 0 Å². The maximum Gasteiger partial charge on any atom is 0.0270 e. The van der Waals surface area contributed by atoms with E-state index in [1.807, 2.05) is 12.4 Å². The molecule has 1 aromatic rings. The van der Waals surface area contributed by atoms with E-state index in [1.165, 1.54) is 44.1 Å². The molecule has 4 saturated carbocycles. The van der Waals surface area contributed by atoms with E-state index < -0.39 is 0 Å².